The number of carbonyl (C=O) groups is 2. The summed E-state index contributed by atoms with van der Waals surface area (Å²) in [6.07, 6.45) is -5.06. The van der Waals surface area contributed by atoms with Crippen LogP contribution >= 0.6 is 0 Å². The standard InChI is InChI=1S/C22H20F4N4O5/c23-17-3-1-15(11-19(17)30(33)34)29-12-13(9-20(29)31)21(32)27-18-4-2-14(10-16(18)22(24,25)26)28-5-7-35-8-6-28/h1-4,10-11,13H,5-9,12H2,(H,27,32). The summed E-state index contributed by atoms with van der Waals surface area (Å²) in [4.78, 5) is 38.1. The van der Waals surface area contributed by atoms with Crippen molar-refractivity contribution >= 4 is 34.6 Å². The minimum absolute atomic E-state index is 0.0178. The summed E-state index contributed by atoms with van der Waals surface area (Å²) in [5, 5.41) is 13.3. The number of rotatable bonds is 5. The summed E-state index contributed by atoms with van der Waals surface area (Å²) in [7, 11) is 0. The number of benzene rings is 2. The Morgan fingerprint density at radius 3 is 2.46 bits per heavy atom. The molecule has 0 radical (unpaired) electrons. The number of nitro benzene ring substituents is 1. The molecule has 2 saturated heterocycles. The van der Waals surface area contributed by atoms with E-state index in [9.17, 15) is 37.3 Å². The first kappa shape index (κ1) is 24.4. The van der Waals surface area contributed by atoms with Crippen LogP contribution in [0, 0.1) is 21.8 Å². The molecule has 1 N–H and O–H groups in total. The molecule has 2 fully saturated rings. The summed E-state index contributed by atoms with van der Waals surface area (Å²) in [6.45, 7) is 1.43. The minimum Gasteiger partial charge on any atom is -0.378 e. The molecule has 2 amide bonds. The van der Waals surface area contributed by atoms with Crippen molar-refractivity contribution in [1.82, 2.24) is 0 Å². The number of nitrogens with one attached hydrogen (secondary N) is 1. The van der Waals surface area contributed by atoms with E-state index in [4.69, 9.17) is 4.74 Å². The minimum atomic E-state index is -4.74. The average Bonchev–Trinajstić information content (AvgIpc) is 3.21. The van der Waals surface area contributed by atoms with E-state index in [1.165, 1.54) is 12.1 Å². The zero-order chi connectivity index (χ0) is 25.3. The van der Waals surface area contributed by atoms with Gasteiger partial charge in [-0.15, -0.1) is 0 Å². The molecule has 1 unspecified atom stereocenters. The van der Waals surface area contributed by atoms with Crippen LogP contribution in [0.4, 0.5) is 40.3 Å². The second kappa shape index (κ2) is 9.49. The molecule has 0 aliphatic carbocycles. The molecule has 2 aromatic rings. The highest BCUT2D eigenvalue weighted by Crippen LogP contribution is 2.38. The molecule has 186 valence electrons. The van der Waals surface area contributed by atoms with Gasteiger partial charge in [0.2, 0.25) is 17.6 Å². The highest BCUT2D eigenvalue weighted by molar-refractivity contribution is 6.04. The van der Waals surface area contributed by atoms with Crippen LogP contribution in [0.2, 0.25) is 0 Å². The second-order valence-electron chi connectivity index (χ2n) is 8.11. The maximum Gasteiger partial charge on any atom is 0.418 e. The number of hydrogen-bond acceptors (Lipinski definition) is 6. The fourth-order valence-electron chi connectivity index (χ4n) is 4.07. The maximum atomic E-state index is 13.8. The molecule has 35 heavy (non-hydrogen) atoms. The summed E-state index contributed by atoms with van der Waals surface area (Å²) in [5.41, 5.74) is -1.94. The Morgan fingerprint density at radius 1 is 1.11 bits per heavy atom. The predicted molar refractivity (Wildman–Crippen MR) is 117 cm³/mol. The first-order valence-electron chi connectivity index (χ1n) is 10.6. The first-order valence-corrected chi connectivity index (χ1v) is 10.6. The van der Waals surface area contributed by atoms with Crippen molar-refractivity contribution in [2.24, 2.45) is 5.92 Å². The number of halogens is 4. The van der Waals surface area contributed by atoms with E-state index in [2.05, 4.69) is 5.32 Å². The molecule has 9 nitrogen and oxygen atoms in total. The summed E-state index contributed by atoms with van der Waals surface area (Å²) in [6, 6.07) is 6.47. The van der Waals surface area contributed by atoms with Crippen molar-refractivity contribution in [3.63, 3.8) is 0 Å². The van der Waals surface area contributed by atoms with E-state index in [1.54, 1.807) is 4.90 Å². The van der Waals surface area contributed by atoms with Gasteiger partial charge in [-0.2, -0.15) is 17.6 Å². The lowest BCUT2D eigenvalue weighted by Gasteiger charge is -2.29. The van der Waals surface area contributed by atoms with E-state index in [0.717, 1.165) is 29.2 Å². The molecule has 1 atom stereocenters. The molecule has 13 heteroatoms. The van der Waals surface area contributed by atoms with Crippen LogP contribution in [0.15, 0.2) is 36.4 Å². The van der Waals surface area contributed by atoms with Crippen LogP contribution in [-0.2, 0) is 20.5 Å². The molecular formula is C22H20F4N4O5. The van der Waals surface area contributed by atoms with Crippen molar-refractivity contribution in [2.45, 2.75) is 12.6 Å². The largest absolute Gasteiger partial charge is 0.418 e. The number of ether oxygens (including phenoxy) is 1. The van der Waals surface area contributed by atoms with Crippen LogP contribution < -0.4 is 15.1 Å². The van der Waals surface area contributed by atoms with Gasteiger partial charge in [0.1, 0.15) is 0 Å². The van der Waals surface area contributed by atoms with Crippen molar-refractivity contribution in [3.8, 4) is 0 Å². The number of morpholine rings is 1. The van der Waals surface area contributed by atoms with E-state index in [0.29, 0.717) is 32.0 Å². The van der Waals surface area contributed by atoms with Gasteiger partial charge in [-0.3, -0.25) is 19.7 Å². The van der Waals surface area contributed by atoms with Gasteiger partial charge in [-0.05, 0) is 30.3 Å². The molecule has 2 heterocycles. The molecule has 2 aromatic carbocycles. The molecule has 0 bridgehead atoms. The smallest absolute Gasteiger partial charge is 0.378 e. The number of nitrogens with zero attached hydrogens (tertiary/aromatic N) is 3. The number of anilines is 3. The highest BCUT2D eigenvalue weighted by Gasteiger charge is 2.38. The van der Waals surface area contributed by atoms with Gasteiger partial charge >= 0.3 is 11.9 Å². The van der Waals surface area contributed by atoms with Gasteiger partial charge in [0, 0.05) is 37.8 Å². The van der Waals surface area contributed by atoms with Gasteiger partial charge < -0.3 is 19.9 Å². The molecule has 2 aliphatic heterocycles. The summed E-state index contributed by atoms with van der Waals surface area (Å²) >= 11 is 0. The molecule has 2 aliphatic rings. The van der Waals surface area contributed by atoms with Gasteiger partial charge in [-0.25, -0.2) is 0 Å². The Hall–Kier alpha value is -3.74. The van der Waals surface area contributed by atoms with Crippen LogP contribution in [0.3, 0.4) is 0 Å². The number of nitro groups is 1. The monoisotopic (exact) mass is 496 g/mol. The van der Waals surface area contributed by atoms with Crippen molar-refractivity contribution in [2.75, 3.05) is 48.0 Å². The third-order valence-electron chi connectivity index (χ3n) is 5.88. The number of carbonyl (C=O) groups excluding carboxylic acids is 2. The van der Waals surface area contributed by atoms with Gasteiger partial charge in [0.15, 0.2) is 0 Å². The van der Waals surface area contributed by atoms with E-state index in [-0.39, 0.29) is 18.7 Å². The van der Waals surface area contributed by atoms with Gasteiger partial charge in [0.05, 0.1) is 41.0 Å². The van der Waals surface area contributed by atoms with Crippen molar-refractivity contribution in [1.29, 1.82) is 0 Å². The Bertz CT molecular complexity index is 1170. The number of amides is 2. The lowest BCUT2D eigenvalue weighted by molar-refractivity contribution is -0.387. The fraction of sp³-hybridized carbons (Fsp3) is 0.364. The molecule has 0 saturated carbocycles. The molecule has 4 rings (SSSR count). The van der Waals surface area contributed by atoms with Gasteiger partial charge in [-0.1, -0.05) is 0 Å². The Balaban J connectivity index is 1.52. The SMILES string of the molecule is O=C(Nc1ccc(N2CCOCC2)cc1C(F)(F)F)C1CC(=O)N(c2ccc(F)c([N+](=O)[O-])c2)C1. The molecular weight excluding hydrogens is 476 g/mol. The Morgan fingerprint density at radius 2 is 1.80 bits per heavy atom. The molecule has 0 spiro atoms. The summed E-state index contributed by atoms with van der Waals surface area (Å²) < 4.78 is 60.1. The topological polar surface area (TPSA) is 105 Å². The first-order chi connectivity index (χ1) is 16.5. The maximum absolute atomic E-state index is 13.8. The van der Waals surface area contributed by atoms with Crippen molar-refractivity contribution < 1.29 is 36.8 Å². The zero-order valence-electron chi connectivity index (χ0n) is 18.2. The number of hydrogen-bond donors (Lipinski definition) is 1. The van der Waals surface area contributed by atoms with Crippen LogP contribution in [0.1, 0.15) is 12.0 Å². The highest BCUT2D eigenvalue weighted by atomic mass is 19.4. The Labute approximate surface area is 196 Å². The lowest BCUT2D eigenvalue weighted by Crippen LogP contribution is -2.36. The quantitative estimate of drug-likeness (QED) is 0.386. The van der Waals surface area contributed by atoms with Crippen molar-refractivity contribution in [3.05, 3.63) is 57.9 Å². The van der Waals surface area contributed by atoms with E-state index >= 15 is 0 Å². The van der Waals surface area contributed by atoms with Gasteiger partial charge in [0.25, 0.3) is 0 Å². The predicted octanol–water partition coefficient (Wildman–Crippen LogP) is 3.58. The third-order valence-corrected chi connectivity index (χ3v) is 5.88. The second-order valence-corrected chi connectivity index (χ2v) is 8.11. The Kier molecular flexibility index (Phi) is 6.61. The number of alkyl halides is 3. The zero-order valence-corrected chi connectivity index (χ0v) is 18.2. The average molecular weight is 496 g/mol. The summed E-state index contributed by atoms with van der Waals surface area (Å²) in [5.74, 6) is -3.46. The van der Waals surface area contributed by atoms with Crippen LogP contribution in [-0.4, -0.2) is 49.6 Å². The third kappa shape index (κ3) is 5.19. The van der Waals surface area contributed by atoms with E-state index in [1.807, 2.05) is 0 Å². The normalized spacial score (nSPS) is 18.6. The fourth-order valence-corrected chi connectivity index (χ4v) is 4.07. The van der Waals surface area contributed by atoms with Crippen LogP contribution in [0.25, 0.3) is 0 Å². The molecule has 0 aromatic heterocycles. The lowest BCUT2D eigenvalue weighted by atomic mass is 10.1. The van der Waals surface area contributed by atoms with Crippen LogP contribution in [0.5, 0.6) is 0 Å². The van der Waals surface area contributed by atoms with E-state index < -0.39 is 51.6 Å².